The van der Waals surface area contributed by atoms with Crippen molar-refractivity contribution >= 4 is 17.9 Å². The predicted octanol–water partition coefficient (Wildman–Crippen LogP) is 4.34. The first-order chi connectivity index (χ1) is 12.0. The highest BCUT2D eigenvalue weighted by Crippen LogP contribution is 2.22. The molecule has 0 amide bonds. The van der Waals surface area contributed by atoms with E-state index >= 15 is 0 Å². The first-order valence-electron chi connectivity index (χ1n) is 8.24. The van der Waals surface area contributed by atoms with E-state index in [4.69, 9.17) is 0 Å². The first-order valence-corrected chi connectivity index (χ1v) is 8.24. The summed E-state index contributed by atoms with van der Waals surface area (Å²) >= 11 is 0. The lowest BCUT2D eigenvalue weighted by molar-refractivity contribution is -0.113. The highest BCUT2D eigenvalue weighted by Gasteiger charge is 2.25. The van der Waals surface area contributed by atoms with Crippen LogP contribution < -0.4 is 0 Å². The van der Waals surface area contributed by atoms with Crippen molar-refractivity contribution in [3.05, 3.63) is 82.4 Å². The molecule has 2 aromatic carbocycles. The van der Waals surface area contributed by atoms with E-state index in [-0.39, 0.29) is 17.4 Å². The van der Waals surface area contributed by atoms with Gasteiger partial charge in [-0.25, -0.2) is 8.78 Å². The molecule has 0 unspecified atom stereocenters. The van der Waals surface area contributed by atoms with Crippen LogP contribution in [0, 0.1) is 11.6 Å². The van der Waals surface area contributed by atoms with Crippen LogP contribution in [0.25, 0.3) is 12.2 Å². The van der Waals surface area contributed by atoms with Gasteiger partial charge in [-0.2, -0.15) is 0 Å². The minimum atomic E-state index is -0.333. The minimum absolute atomic E-state index is 0.0711. The summed E-state index contributed by atoms with van der Waals surface area (Å²) < 4.78 is 26.8. The van der Waals surface area contributed by atoms with Crippen molar-refractivity contribution in [3.63, 3.8) is 0 Å². The fourth-order valence-corrected chi connectivity index (χ4v) is 2.93. The van der Waals surface area contributed by atoms with Crippen molar-refractivity contribution in [2.24, 2.45) is 0 Å². The molecule has 1 heterocycles. The molecule has 4 heteroatoms. The normalized spacial score (nSPS) is 18.9. The highest BCUT2D eigenvalue weighted by atomic mass is 19.1. The second-order valence-corrected chi connectivity index (χ2v) is 6.08. The monoisotopic (exact) mass is 339 g/mol. The van der Waals surface area contributed by atoms with Gasteiger partial charge >= 0.3 is 0 Å². The van der Waals surface area contributed by atoms with E-state index in [1.807, 2.05) is 6.92 Å². The Kier molecular flexibility index (Phi) is 5.19. The van der Waals surface area contributed by atoms with Crippen LogP contribution in [0.4, 0.5) is 8.78 Å². The number of carbonyl (C=O) groups is 1. The zero-order valence-corrected chi connectivity index (χ0v) is 14.0. The van der Waals surface area contributed by atoms with Crippen molar-refractivity contribution in [2.45, 2.75) is 6.92 Å². The summed E-state index contributed by atoms with van der Waals surface area (Å²) in [5, 5.41) is 0. The Morgan fingerprint density at radius 3 is 1.80 bits per heavy atom. The molecule has 0 radical (unpaired) electrons. The number of rotatable bonds is 3. The van der Waals surface area contributed by atoms with Crippen LogP contribution in [0.1, 0.15) is 18.1 Å². The highest BCUT2D eigenvalue weighted by molar-refractivity contribution is 6.14. The summed E-state index contributed by atoms with van der Waals surface area (Å²) in [7, 11) is 0. The van der Waals surface area contributed by atoms with E-state index in [1.165, 1.54) is 24.3 Å². The molecule has 0 aliphatic carbocycles. The molecule has 1 saturated heterocycles. The van der Waals surface area contributed by atoms with Gasteiger partial charge in [-0.05, 0) is 54.1 Å². The molecule has 2 nitrogen and oxygen atoms in total. The SMILES string of the molecule is CCN1C/C(=C\c2cccc(F)c2)C(=O)/C(=C/c2cccc(F)c2)C1. The average Bonchev–Trinajstić information content (AvgIpc) is 2.58. The lowest BCUT2D eigenvalue weighted by Crippen LogP contribution is -2.37. The maximum atomic E-state index is 13.4. The van der Waals surface area contributed by atoms with E-state index in [0.29, 0.717) is 35.4 Å². The summed E-state index contributed by atoms with van der Waals surface area (Å²) in [6.45, 7) is 3.85. The number of nitrogens with zero attached hydrogens (tertiary/aromatic N) is 1. The topological polar surface area (TPSA) is 20.3 Å². The van der Waals surface area contributed by atoms with Gasteiger partial charge in [0.25, 0.3) is 0 Å². The third-order valence-electron chi connectivity index (χ3n) is 4.20. The third kappa shape index (κ3) is 4.28. The maximum absolute atomic E-state index is 13.4. The zero-order chi connectivity index (χ0) is 17.8. The van der Waals surface area contributed by atoms with Gasteiger partial charge in [0.2, 0.25) is 0 Å². The molecule has 3 rings (SSSR count). The number of likely N-dealkylation sites (N-methyl/N-ethyl adjacent to an activating group) is 1. The fraction of sp³-hybridized carbons (Fsp3) is 0.190. The summed E-state index contributed by atoms with van der Waals surface area (Å²) in [5.74, 6) is -0.737. The van der Waals surface area contributed by atoms with Gasteiger partial charge in [0.15, 0.2) is 5.78 Å². The Labute approximate surface area is 146 Å². The van der Waals surface area contributed by atoms with Crippen molar-refractivity contribution in [2.75, 3.05) is 19.6 Å². The van der Waals surface area contributed by atoms with Gasteiger partial charge in [0.1, 0.15) is 11.6 Å². The van der Waals surface area contributed by atoms with Crippen molar-refractivity contribution in [3.8, 4) is 0 Å². The first kappa shape index (κ1) is 17.2. The largest absolute Gasteiger partial charge is 0.295 e. The average molecular weight is 339 g/mol. The van der Waals surface area contributed by atoms with E-state index in [1.54, 1.807) is 36.4 Å². The summed E-state index contributed by atoms with van der Waals surface area (Å²) in [4.78, 5) is 14.9. The van der Waals surface area contributed by atoms with Crippen LogP contribution in [-0.2, 0) is 4.79 Å². The summed E-state index contributed by atoms with van der Waals surface area (Å²) in [6, 6.07) is 12.3. The number of piperidine rings is 1. The van der Waals surface area contributed by atoms with Gasteiger partial charge in [0.05, 0.1) is 0 Å². The number of hydrogen-bond acceptors (Lipinski definition) is 2. The standard InChI is InChI=1S/C21H19F2NO/c1-2-24-13-17(9-15-5-3-7-19(22)11-15)21(25)18(14-24)10-16-6-4-8-20(23)12-16/h3-12H,2,13-14H2,1H3/b17-9+,18-10+. The number of halogens is 2. The molecule has 1 aliphatic heterocycles. The minimum Gasteiger partial charge on any atom is -0.295 e. The molecule has 1 aliphatic rings. The van der Waals surface area contributed by atoms with E-state index < -0.39 is 0 Å². The molecule has 25 heavy (non-hydrogen) atoms. The van der Waals surface area contributed by atoms with Gasteiger partial charge in [-0.15, -0.1) is 0 Å². The molecule has 128 valence electrons. The van der Waals surface area contributed by atoms with Crippen molar-refractivity contribution in [1.82, 2.24) is 4.90 Å². The van der Waals surface area contributed by atoms with E-state index in [9.17, 15) is 13.6 Å². The fourth-order valence-electron chi connectivity index (χ4n) is 2.93. The molecular formula is C21H19F2NO. The Morgan fingerprint density at radius 2 is 1.40 bits per heavy atom. The second kappa shape index (κ2) is 7.53. The second-order valence-electron chi connectivity index (χ2n) is 6.08. The molecule has 2 aromatic rings. The molecule has 0 bridgehead atoms. The molecule has 0 N–H and O–H groups in total. The Balaban J connectivity index is 1.96. The molecule has 0 spiro atoms. The van der Waals surface area contributed by atoms with Gasteiger partial charge < -0.3 is 0 Å². The number of hydrogen-bond donors (Lipinski definition) is 0. The summed E-state index contributed by atoms with van der Waals surface area (Å²) in [6.07, 6.45) is 3.46. The van der Waals surface area contributed by atoms with Crippen LogP contribution in [-0.4, -0.2) is 30.3 Å². The lowest BCUT2D eigenvalue weighted by Gasteiger charge is -2.28. The Morgan fingerprint density at radius 1 is 0.920 bits per heavy atom. The van der Waals surface area contributed by atoms with Gasteiger partial charge in [-0.3, -0.25) is 9.69 Å². The van der Waals surface area contributed by atoms with Crippen LogP contribution in [0.3, 0.4) is 0 Å². The number of carbonyl (C=O) groups excluding carboxylic acids is 1. The van der Waals surface area contributed by atoms with Crippen molar-refractivity contribution < 1.29 is 13.6 Å². The predicted molar refractivity (Wildman–Crippen MR) is 95.9 cm³/mol. The maximum Gasteiger partial charge on any atom is 0.187 e. The van der Waals surface area contributed by atoms with Crippen molar-refractivity contribution in [1.29, 1.82) is 0 Å². The zero-order valence-electron chi connectivity index (χ0n) is 14.0. The smallest absolute Gasteiger partial charge is 0.187 e. The summed E-state index contributed by atoms with van der Waals surface area (Å²) in [5.41, 5.74) is 2.54. The number of Topliss-reactive ketones (excluding diaryl/α,β-unsaturated/α-hetero) is 1. The van der Waals surface area contributed by atoms with E-state index in [0.717, 1.165) is 6.54 Å². The number of likely N-dealkylation sites (tertiary alicyclic amines) is 1. The van der Waals surface area contributed by atoms with E-state index in [2.05, 4.69) is 4.90 Å². The van der Waals surface area contributed by atoms with Crippen LogP contribution in [0.5, 0.6) is 0 Å². The molecule has 0 aromatic heterocycles. The Hall–Kier alpha value is -2.59. The van der Waals surface area contributed by atoms with Crippen LogP contribution >= 0.6 is 0 Å². The molecule has 1 fully saturated rings. The van der Waals surface area contributed by atoms with Crippen LogP contribution in [0.2, 0.25) is 0 Å². The Bertz CT molecular complexity index is 787. The van der Waals surface area contributed by atoms with Crippen LogP contribution in [0.15, 0.2) is 59.7 Å². The molecule has 0 atom stereocenters. The lowest BCUT2D eigenvalue weighted by atomic mass is 9.94. The number of ketones is 1. The molecular weight excluding hydrogens is 320 g/mol. The van der Waals surface area contributed by atoms with Gasteiger partial charge in [-0.1, -0.05) is 31.2 Å². The third-order valence-corrected chi connectivity index (χ3v) is 4.20. The van der Waals surface area contributed by atoms with Gasteiger partial charge in [0, 0.05) is 24.2 Å². The quantitative estimate of drug-likeness (QED) is 0.776. The molecule has 0 saturated carbocycles. The number of benzene rings is 2.